The van der Waals surface area contributed by atoms with Crippen molar-refractivity contribution >= 4 is 28.8 Å². The van der Waals surface area contributed by atoms with Crippen LogP contribution in [0.25, 0.3) is 11.3 Å². The Bertz CT molecular complexity index is 873. The number of aromatic nitrogens is 2. The van der Waals surface area contributed by atoms with Crippen molar-refractivity contribution in [3.8, 4) is 11.3 Å². The average Bonchev–Trinajstić information content (AvgIpc) is 3.42. The molecule has 1 aliphatic rings. The summed E-state index contributed by atoms with van der Waals surface area (Å²) in [6.07, 6.45) is 2.34. The molecular weight excluding hydrogens is 364 g/mol. The van der Waals surface area contributed by atoms with E-state index in [1.165, 1.54) is 28.4 Å². The normalized spacial score (nSPS) is 17.5. The third kappa shape index (κ3) is 3.56. The Kier molecular flexibility index (Phi) is 5.10. The van der Waals surface area contributed by atoms with Gasteiger partial charge in [0.05, 0.1) is 4.88 Å². The maximum absolute atomic E-state index is 11.8. The molecule has 1 amide bonds. The van der Waals surface area contributed by atoms with E-state index in [2.05, 4.69) is 50.1 Å². The zero-order valence-electron chi connectivity index (χ0n) is 14.5. The molecule has 1 fully saturated rings. The van der Waals surface area contributed by atoms with E-state index >= 15 is 0 Å². The van der Waals surface area contributed by atoms with Gasteiger partial charge in [-0.2, -0.15) is 0 Å². The zero-order valence-corrected chi connectivity index (χ0v) is 16.1. The molecule has 1 unspecified atom stereocenters. The van der Waals surface area contributed by atoms with Crippen LogP contribution in [0.2, 0.25) is 0 Å². The van der Waals surface area contributed by atoms with Crippen molar-refractivity contribution in [1.29, 1.82) is 0 Å². The number of benzene rings is 1. The van der Waals surface area contributed by atoms with Crippen LogP contribution < -0.4 is 5.32 Å². The number of thiophene rings is 1. The van der Waals surface area contributed by atoms with Crippen LogP contribution in [-0.4, -0.2) is 34.0 Å². The van der Waals surface area contributed by atoms with Gasteiger partial charge >= 0.3 is 0 Å². The Morgan fingerprint density at radius 1 is 1.27 bits per heavy atom. The molecule has 0 saturated carbocycles. The predicted molar refractivity (Wildman–Crippen MR) is 105 cm³/mol. The van der Waals surface area contributed by atoms with Crippen LogP contribution in [0.3, 0.4) is 0 Å². The summed E-state index contributed by atoms with van der Waals surface area (Å²) in [5.74, 6) is -0.00193. The second kappa shape index (κ2) is 7.65. The standard InChI is InChI=1S/C19H20N4OS2/c1-20-19(24)18-9-8-17(26-18)16-3-2-10-23(16)11-13-4-6-14(7-5-13)15-12-25-22-21-15/h4-9,12,16H,2-3,10-11H2,1H3,(H,20,24). The van der Waals surface area contributed by atoms with Gasteiger partial charge in [-0.05, 0) is 48.6 Å². The van der Waals surface area contributed by atoms with E-state index < -0.39 is 0 Å². The van der Waals surface area contributed by atoms with Gasteiger partial charge in [0.25, 0.3) is 5.91 Å². The second-order valence-electron chi connectivity index (χ2n) is 6.40. The van der Waals surface area contributed by atoms with Crippen LogP contribution in [-0.2, 0) is 6.54 Å². The number of carbonyl (C=O) groups excluding carboxylic acids is 1. The third-order valence-electron chi connectivity index (χ3n) is 4.77. The van der Waals surface area contributed by atoms with Gasteiger partial charge in [-0.25, -0.2) is 0 Å². The Hall–Kier alpha value is -2.09. The predicted octanol–water partition coefficient (Wildman–Crippen LogP) is 3.96. The molecule has 7 heteroatoms. The SMILES string of the molecule is CNC(=O)c1ccc(C2CCCN2Cc2ccc(-c3csnn3)cc2)s1. The molecule has 1 N–H and O–H groups in total. The van der Waals surface area contributed by atoms with E-state index in [0.29, 0.717) is 6.04 Å². The maximum atomic E-state index is 11.8. The van der Waals surface area contributed by atoms with Gasteiger partial charge < -0.3 is 5.32 Å². The number of carbonyl (C=O) groups is 1. The first kappa shape index (κ1) is 17.3. The fraction of sp³-hybridized carbons (Fsp3) is 0.316. The van der Waals surface area contributed by atoms with E-state index in [9.17, 15) is 4.79 Å². The Balaban J connectivity index is 1.47. The molecule has 2 aromatic heterocycles. The van der Waals surface area contributed by atoms with Crippen LogP contribution in [0.5, 0.6) is 0 Å². The summed E-state index contributed by atoms with van der Waals surface area (Å²) >= 11 is 2.98. The van der Waals surface area contributed by atoms with Gasteiger partial charge in [0.2, 0.25) is 0 Å². The molecule has 5 nitrogen and oxygen atoms in total. The van der Waals surface area contributed by atoms with E-state index in [4.69, 9.17) is 0 Å². The average molecular weight is 385 g/mol. The molecule has 1 aromatic carbocycles. The monoisotopic (exact) mass is 384 g/mol. The number of rotatable bonds is 5. The minimum Gasteiger partial charge on any atom is -0.354 e. The largest absolute Gasteiger partial charge is 0.354 e. The maximum Gasteiger partial charge on any atom is 0.261 e. The van der Waals surface area contributed by atoms with Crippen molar-refractivity contribution in [2.75, 3.05) is 13.6 Å². The number of likely N-dealkylation sites (tertiary alicyclic amines) is 1. The van der Waals surface area contributed by atoms with Crippen molar-refractivity contribution in [1.82, 2.24) is 19.8 Å². The van der Waals surface area contributed by atoms with Crippen molar-refractivity contribution < 1.29 is 4.79 Å². The molecule has 134 valence electrons. The number of nitrogens with zero attached hydrogens (tertiary/aromatic N) is 3. The summed E-state index contributed by atoms with van der Waals surface area (Å²) in [5, 5.41) is 8.79. The summed E-state index contributed by atoms with van der Waals surface area (Å²) in [7, 11) is 1.68. The number of hydrogen-bond acceptors (Lipinski definition) is 6. The minimum absolute atomic E-state index is 0.00193. The Labute approximate surface area is 160 Å². The fourth-order valence-corrected chi connectivity index (χ4v) is 5.01. The van der Waals surface area contributed by atoms with Gasteiger partial charge in [-0.15, -0.1) is 16.4 Å². The summed E-state index contributed by atoms with van der Waals surface area (Å²) in [6, 6.07) is 13.0. The number of amides is 1. The Morgan fingerprint density at radius 3 is 2.85 bits per heavy atom. The number of nitrogens with one attached hydrogen (secondary N) is 1. The summed E-state index contributed by atoms with van der Waals surface area (Å²) in [5.41, 5.74) is 3.33. The first-order valence-electron chi connectivity index (χ1n) is 8.67. The lowest BCUT2D eigenvalue weighted by Crippen LogP contribution is -2.22. The van der Waals surface area contributed by atoms with Crippen LogP contribution >= 0.6 is 22.9 Å². The molecule has 0 bridgehead atoms. The molecule has 3 heterocycles. The first-order valence-corrected chi connectivity index (χ1v) is 10.3. The van der Waals surface area contributed by atoms with E-state index in [0.717, 1.165) is 35.6 Å². The summed E-state index contributed by atoms with van der Waals surface area (Å²) in [4.78, 5) is 16.4. The van der Waals surface area contributed by atoms with Crippen molar-refractivity contribution in [3.63, 3.8) is 0 Å². The fourth-order valence-electron chi connectivity index (χ4n) is 3.42. The molecule has 0 radical (unpaired) electrons. The second-order valence-corrected chi connectivity index (χ2v) is 8.12. The van der Waals surface area contributed by atoms with Gasteiger partial charge in [-0.3, -0.25) is 9.69 Å². The molecule has 26 heavy (non-hydrogen) atoms. The smallest absolute Gasteiger partial charge is 0.261 e. The first-order chi connectivity index (χ1) is 12.7. The highest BCUT2D eigenvalue weighted by molar-refractivity contribution is 7.14. The summed E-state index contributed by atoms with van der Waals surface area (Å²) < 4.78 is 3.92. The minimum atomic E-state index is -0.00193. The van der Waals surface area contributed by atoms with Crippen LogP contribution in [0.4, 0.5) is 0 Å². The van der Waals surface area contributed by atoms with E-state index in [1.54, 1.807) is 18.4 Å². The van der Waals surface area contributed by atoms with Crippen molar-refractivity contribution in [3.05, 3.63) is 57.1 Å². The molecule has 1 saturated heterocycles. The molecular formula is C19H20N4OS2. The molecule has 4 rings (SSSR count). The van der Waals surface area contributed by atoms with Crippen LogP contribution in [0.1, 0.15) is 39.0 Å². The highest BCUT2D eigenvalue weighted by Crippen LogP contribution is 2.37. The van der Waals surface area contributed by atoms with Crippen LogP contribution in [0.15, 0.2) is 41.8 Å². The quantitative estimate of drug-likeness (QED) is 0.723. The third-order valence-corrected chi connectivity index (χ3v) is 6.45. The van der Waals surface area contributed by atoms with E-state index in [-0.39, 0.29) is 5.91 Å². The highest BCUT2D eigenvalue weighted by Gasteiger charge is 2.27. The molecule has 1 aliphatic heterocycles. The molecule has 0 spiro atoms. The van der Waals surface area contributed by atoms with Crippen molar-refractivity contribution in [2.24, 2.45) is 0 Å². The van der Waals surface area contributed by atoms with Crippen molar-refractivity contribution in [2.45, 2.75) is 25.4 Å². The Morgan fingerprint density at radius 2 is 2.12 bits per heavy atom. The van der Waals surface area contributed by atoms with Crippen LogP contribution in [0, 0.1) is 0 Å². The van der Waals surface area contributed by atoms with Gasteiger partial charge in [0.1, 0.15) is 5.69 Å². The lowest BCUT2D eigenvalue weighted by molar-refractivity contribution is 0.0967. The topological polar surface area (TPSA) is 58.1 Å². The van der Waals surface area contributed by atoms with Gasteiger partial charge in [0, 0.05) is 35.5 Å². The lowest BCUT2D eigenvalue weighted by atomic mass is 10.1. The van der Waals surface area contributed by atoms with Gasteiger partial charge in [-0.1, -0.05) is 28.8 Å². The molecule has 3 aromatic rings. The molecule has 1 atom stereocenters. The van der Waals surface area contributed by atoms with E-state index in [1.807, 2.05) is 11.4 Å². The zero-order chi connectivity index (χ0) is 17.9. The summed E-state index contributed by atoms with van der Waals surface area (Å²) in [6.45, 7) is 2.02. The van der Waals surface area contributed by atoms with Gasteiger partial charge in [0.15, 0.2) is 0 Å². The highest BCUT2D eigenvalue weighted by atomic mass is 32.1. The number of hydrogen-bond donors (Lipinski definition) is 1. The molecule has 0 aliphatic carbocycles. The lowest BCUT2D eigenvalue weighted by Gasteiger charge is -2.23.